The highest BCUT2D eigenvalue weighted by atomic mass is 16.6. The first-order valence-corrected chi connectivity index (χ1v) is 9.42. The molecule has 4 nitrogen and oxygen atoms in total. The summed E-state index contributed by atoms with van der Waals surface area (Å²) in [6.45, 7) is 10.2. The number of rotatable bonds is 13. The van der Waals surface area contributed by atoms with Crippen LogP contribution in [0.1, 0.15) is 86.0 Å². The minimum atomic E-state index is -1.20. The first-order chi connectivity index (χ1) is 11.4. The average molecular weight is 341 g/mol. The van der Waals surface area contributed by atoms with Crippen molar-refractivity contribution in [2.75, 3.05) is 13.2 Å². The van der Waals surface area contributed by atoms with Gasteiger partial charge in [-0.2, -0.15) is 0 Å². The summed E-state index contributed by atoms with van der Waals surface area (Å²) in [5, 5.41) is 0. The van der Waals surface area contributed by atoms with Gasteiger partial charge in [-0.15, -0.1) is 0 Å². The lowest BCUT2D eigenvalue weighted by atomic mass is 9.78. The Hall–Kier alpha value is -1.32. The monoisotopic (exact) mass is 340 g/mol. The minimum absolute atomic E-state index is 0.269. The number of allylic oxidation sites excluding steroid dienone is 2. The standard InChI is InChI=1S/C20H36O4/c1-6-9-10-11-12-13-15-20(16-14-17(4)5,18(21)23-7-2)19(22)24-8-3/h14H,6-13,15-16H2,1-5H3. The lowest BCUT2D eigenvalue weighted by Crippen LogP contribution is -2.42. The van der Waals surface area contributed by atoms with Crippen molar-refractivity contribution in [1.82, 2.24) is 0 Å². The smallest absolute Gasteiger partial charge is 0.323 e. The summed E-state index contributed by atoms with van der Waals surface area (Å²) in [6, 6.07) is 0. The zero-order chi connectivity index (χ0) is 18.4. The van der Waals surface area contributed by atoms with Crippen LogP contribution in [0.4, 0.5) is 0 Å². The molecule has 0 bridgehead atoms. The van der Waals surface area contributed by atoms with Gasteiger partial charge in [0.2, 0.25) is 0 Å². The molecule has 0 atom stereocenters. The van der Waals surface area contributed by atoms with Crippen LogP contribution in [0.2, 0.25) is 0 Å². The van der Waals surface area contributed by atoms with Crippen molar-refractivity contribution in [3.05, 3.63) is 11.6 Å². The van der Waals surface area contributed by atoms with Crippen LogP contribution in [0.15, 0.2) is 11.6 Å². The average Bonchev–Trinajstić information content (AvgIpc) is 2.53. The summed E-state index contributed by atoms with van der Waals surface area (Å²) in [5.74, 6) is -0.899. The lowest BCUT2D eigenvalue weighted by molar-refractivity contribution is -0.172. The highest BCUT2D eigenvalue weighted by molar-refractivity contribution is 6.00. The fourth-order valence-electron chi connectivity index (χ4n) is 2.68. The quantitative estimate of drug-likeness (QED) is 0.200. The van der Waals surface area contributed by atoms with Crippen LogP contribution in [0.25, 0.3) is 0 Å². The first-order valence-electron chi connectivity index (χ1n) is 9.42. The molecule has 0 heterocycles. The van der Waals surface area contributed by atoms with Gasteiger partial charge >= 0.3 is 11.9 Å². The van der Waals surface area contributed by atoms with Crippen molar-refractivity contribution in [3.63, 3.8) is 0 Å². The summed E-state index contributed by atoms with van der Waals surface area (Å²) >= 11 is 0. The molecule has 0 aliphatic heterocycles. The van der Waals surface area contributed by atoms with Crippen LogP contribution in [0.3, 0.4) is 0 Å². The molecule has 0 rings (SSSR count). The van der Waals surface area contributed by atoms with E-state index in [9.17, 15) is 9.59 Å². The molecule has 0 N–H and O–H groups in total. The van der Waals surface area contributed by atoms with E-state index in [4.69, 9.17) is 9.47 Å². The van der Waals surface area contributed by atoms with Gasteiger partial charge in [0.1, 0.15) is 0 Å². The summed E-state index contributed by atoms with van der Waals surface area (Å²) in [6.07, 6.45) is 9.41. The molecule has 0 aliphatic carbocycles. The normalized spacial score (nSPS) is 11.0. The number of carbonyl (C=O) groups is 2. The summed E-state index contributed by atoms with van der Waals surface area (Å²) < 4.78 is 10.5. The second-order valence-electron chi connectivity index (χ2n) is 6.53. The maximum absolute atomic E-state index is 12.6. The fourth-order valence-corrected chi connectivity index (χ4v) is 2.68. The SMILES string of the molecule is CCCCCCCCC(CC=C(C)C)(C(=O)OCC)C(=O)OCC. The second kappa shape index (κ2) is 13.0. The van der Waals surface area contributed by atoms with Gasteiger partial charge in [-0.1, -0.05) is 57.1 Å². The number of carbonyl (C=O) groups excluding carboxylic acids is 2. The van der Waals surface area contributed by atoms with Gasteiger partial charge in [0.05, 0.1) is 13.2 Å². The van der Waals surface area contributed by atoms with E-state index in [1.807, 2.05) is 19.9 Å². The topological polar surface area (TPSA) is 52.6 Å². The number of hydrogen-bond acceptors (Lipinski definition) is 4. The number of ether oxygens (including phenoxy) is 2. The highest BCUT2D eigenvalue weighted by Gasteiger charge is 2.47. The molecule has 0 spiro atoms. The Bertz CT molecular complexity index is 376. The molecular formula is C20H36O4. The molecule has 0 amide bonds. The Morgan fingerprint density at radius 2 is 1.33 bits per heavy atom. The molecule has 0 fully saturated rings. The molecule has 140 valence electrons. The van der Waals surface area contributed by atoms with E-state index in [1.54, 1.807) is 13.8 Å². The third-order valence-electron chi connectivity index (χ3n) is 4.15. The zero-order valence-corrected chi connectivity index (χ0v) is 16.3. The lowest BCUT2D eigenvalue weighted by Gasteiger charge is -2.28. The van der Waals surface area contributed by atoms with Gasteiger partial charge in [-0.25, -0.2) is 0 Å². The Labute approximate surface area is 148 Å². The van der Waals surface area contributed by atoms with E-state index in [2.05, 4.69) is 6.92 Å². The highest BCUT2D eigenvalue weighted by Crippen LogP contribution is 2.34. The largest absolute Gasteiger partial charge is 0.465 e. The van der Waals surface area contributed by atoms with Crippen LogP contribution in [-0.4, -0.2) is 25.2 Å². The molecule has 24 heavy (non-hydrogen) atoms. The summed E-state index contributed by atoms with van der Waals surface area (Å²) in [7, 11) is 0. The maximum Gasteiger partial charge on any atom is 0.323 e. The third kappa shape index (κ3) is 7.98. The van der Waals surface area contributed by atoms with Gasteiger partial charge in [0.25, 0.3) is 0 Å². The van der Waals surface area contributed by atoms with Crippen molar-refractivity contribution in [2.45, 2.75) is 86.0 Å². The molecule has 0 saturated carbocycles. The van der Waals surface area contributed by atoms with E-state index in [-0.39, 0.29) is 13.2 Å². The van der Waals surface area contributed by atoms with Crippen molar-refractivity contribution < 1.29 is 19.1 Å². The Balaban J connectivity index is 5.13. The van der Waals surface area contributed by atoms with E-state index in [1.165, 1.54) is 19.3 Å². The third-order valence-corrected chi connectivity index (χ3v) is 4.15. The van der Waals surface area contributed by atoms with E-state index in [0.29, 0.717) is 12.8 Å². The van der Waals surface area contributed by atoms with Crippen LogP contribution in [0, 0.1) is 5.41 Å². The summed E-state index contributed by atoms with van der Waals surface area (Å²) in [4.78, 5) is 25.2. The number of hydrogen-bond donors (Lipinski definition) is 0. The van der Waals surface area contributed by atoms with E-state index >= 15 is 0 Å². The minimum Gasteiger partial charge on any atom is -0.465 e. The maximum atomic E-state index is 12.6. The van der Waals surface area contributed by atoms with Crippen LogP contribution < -0.4 is 0 Å². The van der Waals surface area contributed by atoms with Gasteiger partial charge in [-0.05, 0) is 40.5 Å². The molecule has 0 unspecified atom stereocenters. The zero-order valence-electron chi connectivity index (χ0n) is 16.3. The second-order valence-corrected chi connectivity index (χ2v) is 6.53. The number of unbranched alkanes of at least 4 members (excludes halogenated alkanes) is 5. The Kier molecular flexibility index (Phi) is 12.3. The molecule has 0 aromatic heterocycles. The van der Waals surface area contributed by atoms with Gasteiger partial charge in [0.15, 0.2) is 5.41 Å². The molecule has 0 radical (unpaired) electrons. The summed E-state index contributed by atoms with van der Waals surface area (Å²) in [5.41, 5.74) is -0.121. The molecule has 0 saturated heterocycles. The van der Waals surface area contributed by atoms with Crippen LogP contribution in [0.5, 0.6) is 0 Å². The Morgan fingerprint density at radius 1 is 0.833 bits per heavy atom. The Morgan fingerprint density at radius 3 is 1.79 bits per heavy atom. The predicted octanol–water partition coefficient (Wildman–Crippen LogP) is 5.21. The molecule has 0 aromatic rings. The van der Waals surface area contributed by atoms with Crippen molar-refractivity contribution in [1.29, 1.82) is 0 Å². The number of esters is 2. The molecule has 4 heteroatoms. The van der Waals surface area contributed by atoms with Gasteiger partial charge in [-0.3, -0.25) is 9.59 Å². The molecular weight excluding hydrogens is 304 g/mol. The van der Waals surface area contributed by atoms with Crippen molar-refractivity contribution in [3.8, 4) is 0 Å². The van der Waals surface area contributed by atoms with Crippen LogP contribution in [-0.2, 0) is 19.1 Å². The van der Waals surface area contributed by atoms with E-state index in [0.717, 1.165) is 24.8 Å². The van der Waals surface area contributed by atoms with Crippen LogP contribution >= 0.6 is 0 Å². The van der Waals surface area contributed by atoms with E-state index < -0.39 is 17.4 Å². The van der Waals surface area contributed by atoms with Crippen molar-refractivity contribution in [2.24, 2.45) is 5.41 Å². The van der Waals surface area contributed by atoms with Crippen molar-refractivity contribution >= 4 is 11.9 Å². The molecule has 0 aromatic carbocycles. The fraction of sp³-hybridized carbons (Fsp3) is 0.800. The first kappa shape index (κ1) is 22.7. The van der Waals surface area contributed by atoms with Gasteiger partial charge < -0.3 is 9.47 Å². The van der Waals surface area contributed by atoms with Gasteiger partial charge in [0, 0.05) is 0 Å². The molecule has 0 aliphatic rings. The predicted molar refractivity (Wildman–Crippen MR) is 97.7 cm³/mol.